The Bertz CT molecular complexity index is 947. The highest BCUT2D eigenvalue weighted by atomic mass is 35.5. The molecular formula is C19H18ClN3O. The van der Waals surface area contributed by atoms with Crippen molar-refractivity contribution in [1.82, 2.24) is 9.55 Å². The van der Waals surface area contributed by atoms with Gasteiger partial charge in [0.05, 0.1) is 11.0 Å². The summed E-state index contributed by atoms with van der Waals surface area (Å²) in [6.07, 6.45) is 0.475. The number of nitrogens with zero attached hydrogens (tertiary/aromatic N) is 3. The van der Waals surface area contributed by atoms with Crippen LogP contribution in [0, 0.1) is 6.92 Å². The van der Waals surface area contributed by atoms with Crippen molar-refractivity contribution in [2.45, 2.75) is 19.3 Å². The van der Waals surface area contributed by atoms with Gasteiger partial charge in [-0.15, -0.1) is 0 Å². The number of rotatable bonds is 2. The molecule has 1 saturated heterocycles. The fourth-order valence-electron chi connectivity index (χ4n) is 3.41. The summed E-state index contributed by atoms with van der Waals surface area (Å²) in [7, 11) is 2.01. The highest BCUT2D eigenvalue weighted by Crippen LogP contribution is 2.34. The zero-order valence-electron chi connectivity index (χ0n) is 13.7. The first kappa shape index (κ1) is 15.2. The number of aryl methyl sites for hydroxylation is 2. The lowest BCUT2D eigenvalue weighted by atomic mass is 10.1. The van der Waals surface area contributed by atoms with Crippen LogP contribution in [-0.2, 0) is 11.8 Å². The minimum absolute atomic E-state index is 0.0926. The van der Waals surface area contributed by atoms with Crippen molar-refractivity contribution in [3.05, 3.63) is 58.9 Å². The van der Waals surface area contributed by atoms with Gasteiger partial charge in [0.15, 0.2) is 0 Å². The lowest BCUT2D eigenvalue weighted by molar-refractivity contribution is -0.117. The minimum atomic E-state index is 0.0926. The van der Waals surface area contributed by atoms with E-state index in [1.807, 2.05) is 55.3 Å². The molecule has 4 rings (SSSR count). The normalized spacial score (nSPS) is 17.9. The first-order chi connectivity index (χ1) is 11.5. The third-order valence-electron chi connectivity index (χ3n) is 4.78. The molecule has 1 aliphatic rings. The van der Waals surface area contributed by atoms with E-state index in [0.29, 0.717) is 18.0 Å². The van der Waals surface area contributed by atoms with Crippen LogP contribution in [0.1, 0.15) is 23.7 Å². The second-order valence-corrected chi connectivity index (χ2v) is 6.76. The van der Waals surface area contributed by atoms with Crippen molar-refractivity contribution < 1.29 is 4.79 Å². The van der Waals surface area contributed by atoms with E-state index in [9.17, 15) is 4.79 Å². The number of halogens is 1. The molecule has 3 aromatic rings. The van der Waals surface area contributed by atoms with E-state index >= 15 is 0 Å². The summed E-state index contributed by atoms with van der Waals surface area (Å²) in [5, 5.41) is 0.687. The number of hydrogen-bond donors (Lipinski definition) is 0. The number of carbonyl (C=O) groups excluding carboxylic acids is 1. The highest BCUT2D eigenvalue weighted by molar-refractivity contribution is 6.31. The Balaban J connectivity index is 1.68. The van der Waals surface area contributed by atoms with Crippen LogP contribution in [-0.4, -0.2) is 22.0 Å². The Hall–Kier alpha value is -2.33. The van der Waals surface area contributed by atoms with Crippen molar-refractivity contribution in [2.24, 2.45) is 7.05 Å². The minimum Gasteiger partial charge on any atom is -0.331 e. The third kappa shape index (κ3) is 2.38. The van der Waals surface area contributed by atoms with E-state index in [4.69, 9.17) is 16.6 Å². The fraction of sp³-hybridized carbons (Fsp3) is 0.263. The van der Waals surface area contributed by atoms with E-state index < -0.39 is 0 Å². The molecule has 2 aromatic carbocycles. The van der Waals surface area contributed by atoms with Crippen LogP contribution in [0.4, 0.5) is 5.69 Å². The molecule has 0 saturated carbocycles. The van der Waals surface area contributed by atoms with Gasteiger partial charge in [0, 0.05) is 36.6 Å². The number of fused-ring (bicyclic) bond motifs is 1. The molecule has 24 heavy (non-hydrogen) atoms. The van der Waals surface area contributed by atoms with Gasteiger partial charge in [-0.2, -0.15) is 0 Å². The topological polar surface area (TPSA) is 38.1 Å². The monoisotopic (exact) mass is 339 g/mol. The summed E-state index contributed by atoms with van der Waals surface area (Å²) in [4.78, 5) is 19.1. The number of carbonyl (C=O) groups is 1. The average Bonchev–Trinajstić information content (AvgIpc) is 3.11. The molecule has 122 valence electrons. The van der Waals surface area contributed by atoms with Gasteiger partial charge in [-0.3, -0.25) is 4.79 Å². The van der Waals surface area contributed by atoms with Crippen LogP contribution in [0.5, 0.6) is 0 Å². The van der Waals surface area contributed by atoms with Crippen molar-refractivity contribution >= 4 is 34.2 Å². The maximum atomic E-state index is 12.5. The molecule has 0 bridgehead atoms. The first-order valence-corrected chi connectivity index (χ1v) is 8.40. The number of para-hydroxylation sites is 2. The molecule has 1 fully saturated rings. The predicted octanol–water partition coefficient (Wildman–Crippen LogP) is 4.06. The largest absolute Gasteiger partial charge is 0.331 e. The van der Waals surface area contributed by atoms with Gasteiger partial charge < -0.3 is 9.47 Å². The standard InChI is InChI=1S/C19H18ClN3O/c1-12-7-8-14(10-15(12)20)23-11-13(9-18(23)24)19-21-16-5-3-4-6-17(16)22(19)2/h3-8,10,13H,9,11H2,1-2H3/t13-/m1/s1. The molecule has 0 N–H and O–H groups in total. The molecule has 1 amide bonds. The molecular weight excluding hydrogens is 322 g/mol. The molecule has 4 nitrogen and oxygen atoms in total. The molecule has 1 aromatic heterocycles. The predicted molar refractivity (Wildman–Crippen MR) is 96.6 cm³/mol. The van der Waals surface area contributed by atoms with Gasteiger partial charge in [0.25, 0.3) is 0 Å². The Morgan fingerprint density at radius 3 is 2.75 bits per heavy atom. The quantitative estimate of drug-likeness (QED) is 0.706. The Morgan fingerprint density at radius 2 is 2.00 bits per heavy atom. The molecule has 5 heteroatoms. The van der Waals surface area contributed by atoms with E-state index in [2.05, 4.69) is 10.6 Å². The van der Waals surface area contributed by atoms with Crippen LogP contribution in [0.3, 0.4) is 0 Å². The Labute approximate surface area is 145 Å². The average molecular weight is 340 g/mol. The lowest BCUT2D eigenvalue weighted by Gasteiger charge is -2.17. The number of aromatic nitrogens is 2. The van der Waals surface area contributed by atoms with Crippen LogP contribution in [0.2, 0.25) is 5.02 Å². The molecule has 0 aliphatic carbocycles. The number of amides is 1. The van der Waals surface area contributed by atoms with Crippen LogP contribution in [0.15, 0.2) is 42.5 Å². The Kier molecular flexibility index (Phi) is 3.57. The van der Waals surface area contributed by atoms with Gasteiger partial charge in [0.1, 0.15) is 5.82 Å². The molecule has 0 spiro atoms. The third-order valence-corrected chi connectivity index (χ3v) is 5.19. The summed E-state index contributed by atoms with van der Waals surface area (Å²) >= 11 is 6.22. The van der Waals surface area contributed by atoms with Crippen LogP contribution < -0.4 is 4.90 Å². The van der Waals surface area contributed by atoms with Gasteiger partial charge in [-0.25, -0.2) is 4.98 Å². The van der Waals surface area contributed by atoms with E-state index in [-0.39, 0.29) is 11.8 Å². The van der Waals surface area contributed by atoms with E-state index in [1.165, 1.54) is 0 Å². The zero-order chi connectivity index (χ0) is 16.8. The number of anilines is 1. The molecule has 1 aliphatic heterocycles. The van der Waals surface area contributed by atoms with Crippen LogP contribution in [0.25, 0.3) is 11.0 Å². The smallest absolute Gasteiger partial charge is 0.227 e. The molecule has 2 heterocycles. The van der Waals surface area contributed by atoms with Gasteiger partial charge in [-0.1, -0.05) is 29.8 Å². The summed E-state index contributed by atoms with van der Waals surface area (Å²) < 4.78 is 2.10. The summed E-state index contributed by atoms with van der Waals surface area (Å²) in [6, 6.07) is 13.8. The highest BCUT2D eigenvalue weighted by Gasteiger charge is 2.34. The summed E-state index contributed by atoms with van der Waals surface area (Å²) in [5.41, 5.74) is 3.94. The van der Waals surface area contributed by atoms with Gasteiger partial charge in [0.2, 0.25) is 5.91 Å². The van der Waals surface area contributed by atoms with E-state index in [1.54, 1.807) is 0 Å². The van der Waals surface area contributed by atoms with Crippen molar-refractivity contribution in [2.75, 3.05) is 11.4 Å². The van der Waals surface area contributed by atoms with Gasteiger partial charge >= 0.3 is 0 Å². The number of hydrogen-bond acceptors (Lipinski definition) is 2. The van der Waals surface area contributed by atoms with Crippen molar-refractivity contribution in [3.8, 4) is 0 Å². The molecule has 0 unspecified atom stereocenters. The maximum Gasteiger partial charge on any atom is 0.227 e. The first-order valence-electron chi connectivity index (χ1n) is 8.02. The van der Waals surface area contributed by atoms with Crippen LogP contribution >= 0.6 is 11.6 Å². The second-order valence-electron chi connectivity index (χ2n) is 6.36. The van der Waals surface area contributed by atoms with Crippen molar-refractivity contribution in [3.63, 3.8) is 0 Å². The molecule has 0 radical (unpaired) electrons. The van der Waals surface area contributed by atoms with E-state index in [0.717, 1.165) is 28.1 Å². The number of benzene rings is 2. The fourth-order valence-corrected chi connectivity index (χ4v) is 3.58. The number of imidazole rings is 1. The van der Waals surface area contributed by atoms with Crippen molar-refractivity contribution in [1.29, 1.82) is 0 Å². The summed E-state index contributed by atoms with van der Waals surface area (Å²) in [6.45, 7) is 2.59. The lowest BCUT2D eigenvalue weighted by Crippen LogP contribution is -2.24. The second kappa shape index (κ2) is 5.64. The Morgan fingerprint density at radius 1 is 1.21 bits per heavy atom. The molecule has 1 atom stereocenters. The zero-order valence-corrected chi connectivity index (χ0v) is 14.4. The summed E-state index contributed by atoms with van der Waals surface area (Å²) in [5.74, 6) is 1.17. The van der Waals surface area contributed by atoms with Gasteiger partial charge in [-0.05, 0) is 36.8 Å². The SMILES string of the molecule is Cc1ccc(N2C[C@H](c3nc4ccccc4n3C)CC2=O)cc1Cl. The maximum absolute atomic E-state index is 12.5.